The second-order valence-electron chi connectivity index (χ2n) is 3.19. The maximum atomic E-state index is 11.2. The monoisotopic (exact) mass is 237 g/mol. The second-order valence-corrected chi connectivity index (χ2v) is 5.20. The molecule has 2 nitrogen and oxygen atoms in total. The average molecular weight is 237 g/mol. The van der Waals surface area contributed by atoms with Gasteiger partial charge in [0, 0.05) is 23.7 Å². The first-order chi connectivity index (χ1) is 7.18. The second kappa shape index (κ2) is 4.16. The zero-order valence-electron chi connectivity index (χ0n) is 8.56. The van der Waals surface area contributed by atoms with Crippen LogP contribution < -0.4 is 4.90 Å². The van der Waals surface area contributed by atoms with Gasteiger partial charge in [-0.2, -0.15) is 0 Å². The smallest absolute Gasteiger partial charge is 0.224 e. The highest BCUT2D eigenvalue weighted by atomic mass is 32.1. The van der Waals surface area contributed by atoms with Gasteiger partial charge in [0.05, 0.1) is 5.00 Å². The Bertz CT molecular complexity index is 459. The number of hydrogen-bond donors (Lipinski definition) is 0. The molecule has 0 spiro atoms. The van der Waals surface area contributed by atoms with Crippen LogP contribution in [-0.2, 0) is 4.79 Å². The van der Waals surface area contributed by atoms with E-state index in [0.29, 0.717) is 0 Å². The zero-order chi connectivity index (χ0) is 10.8. The van der Waals surface area contributed by atoms with E-state index in [9.17, 15) is 4.79 Å². The Hall–Kier alpha value is -1.13. The summed E-state index contributed by atoms with van der Waals surface area (Å²) in [6.45, 7) is 1.57. The van der Waals surface area contributed by atoms with Gasteiger partial charge in [0.1, 0.15) is 0 Å². The number of hydrogen-bond acceptors (Lipinski definition) is 3. The number of anilines is 1. The van der Waals surface area contributed by atoms with Gasteiger partial charge in [-0.3, -0.25) is 4.79 Å². The predicted molar refractivity (Wildman–Crippen MR) is 66.7 cm³/mol. The van der Waals surface area contributed by atoms with Gasteiger partial charge in [-0.1, -0.05) is 6.07 Å². The van der Waals surface area contributed by atoms with E-state index in [0.717, 1.165) is 5.00 Å². The minimum atomic E-state index is 0.0644. The number of carbonyl (C=O) groups excluding carboxylic acids is 1. The SMILES string of the molecule is CC(=O)N(C)c1ccc(-c2cccs2)s1. The molecule has 0 saturated carbocycles. The normalized spacial score (nSPS) is 10.3. The summed E-state index contributed by atoms with van der Waals surface area (Å²) in [6.07, 6.45) is 0. The van der Waals surface area contributed by atoms with E-state index in [-0.39, 0.29) is 5.91 Å². The molecule has 0 aliphatic heterocycles. The van der Waals surface area contributed by atoms with Crippen molar-refractivity contribution in [1.82, 2.24) is 0 Å². The summed E-state index contributed by atoms with van der Waals surface area (Å²) in [5.41, 5.74) is 0. The van der Waals surface area contributed by atoms with Crippen LogP contribution in [-0.4, -0.2) is 13.0 Å². The summed E-state index contributed by atoms with van der Waals surface area (Å²) in [7, 11) is 1.80. The highest BCUT2D eigenvalue weighted by Gasteiger charge is 2.09. The molecule has 0 N–H and O–H groups in total. The largest absolute Gasteiger partial charge is 0.307 e. The minimum absolute atomic E-state index is 0.0644. The predicted octanol–water partition coefficient (Wildman–Crippen LogP) is 3.46. The third-order valence-corrected chi connectivity index (χ3v) is 4.39. The van der Waals surface area contributed by atoms with E-state index >= 15 is 0 Å². The van der Waals surface area contributed by atoms with E-state index in [1.165, 1.54) is 9.75 Å². The van der Waals surface area contributed by atoms with Crippen molar-refractivity contribution in [3.8, 4) is 9.75 Å². The zero-order valence-corrected chi connectivity index (χ0v) is 10.2. The van der Waals surface area contributed by atoms with Gasteiger partial charge in [-0.25, -0.2) is 0 Å². The number of nitrogens with zero attached hydrogens (tertiary/aromatic N) is 1. The van der Waals surface area contributed by atoms with Gasteiger partial charge in [-0.15, -0.1) is 22.7 Å². The molecule has 0 aliphatic rings. The van der Waals surface area contributed by atoms with Crippen LogP contribution >= 0.6 is 22.7 Å². The summed E-state index contributed by atoms with van der Waals surface area (Å²) in [5, 5.41) is 3.05. The summed E-state index contributed by atoms with van der Waals surface area (Å²) >= 11 is 3.36. The molecule has 0 aliphatic carbocycles. The number of amides is 1. The highest BCUT2D eigenvalue weighted by Crippen LogP contribution is 2.35. The molecular weight excluding hydrogens is 226 g/mol. The fourth-order valence-corrected chi connectivity index (χ4v) is 3.06. The van der Waals surface area contributed by atoms with Crippen molar-refractivity contribution in [2.24, 2.45) is 0 Å². The molecule has 0 bridgehead atoms. The Labute approximate surface area is 96.8 Å². The van der Waals surface area contributed by atoms with Crippen molar-refractivity contribution in [1.29, 1.82) is 0 Å². The third kappa shape index (κ3) is 2.11. The van der Waals surface area contributed by atoms with Crippen LogP contribution in [0.4, 0.5) is 5.00 Å². The number of rotatable bonds is 2. The lowest BCUT2D eigenvalue weighted by molar-refractivity contribution is -0.116. The first kappa shape index (κ1) is 10.4. The van der Waals surface area contributed by atoms with E-state index in [1.807, 2.05) is 12.1 Å². The van der Waals surface area contributed by atoms with E-state index in [1.54, 1.807) is 41.5 Å². The van der Waals surface area contributed by atoms with Crippen LogP contribution in [0.2, 0.25) is 0 Å². The van der Waals surface area contributed by atoms with Crippen LogP contribution in [0, 0.1) is 0 Å². The van der Waals surface area contributed by atoms with Crippen molar-refractivity contribution in [3.63, 3.8) is 0 Å². The molecule has 2 heterocycles. The maximum absolute atomic E-state index is 11.2. The number of carbonyl (C=O) groups is 1. The lowest BCUT2D eigenvalue weighted by atomic mass is 10.4. The summed E-state index contributed by atoms with van der Waals surface area (Å²) in [6, 6.07) is 8.18. The molecule has 15 heavy (non-hydrogen) atoms. The first-order valence-corrected chi connectivity index (χ1v) is 6.26. The molecule has 0 aromatic carbocycles. The lowest BCUT2D eigenvalue weighted by Gasteiger charge is -2.10. The van der Waals surface area contributed by atoms with Gasteiger partial charge in [0.2, 0.25) is 5.91 Å². The first-order valence-electron chi connectivity index (χ1n) is 4.56. The van der Waals surface area contributed by atoms with Crippen molar-refractivity contribution in [2.75, 3.05) is 11.9 Å². The Kier molecular flexibility index (Phi) is 2.88. The fourth-order valence-electron chi connectivity index (χ4n) is 1.21. The van der Waals surface area contributed by atoms with Crippen LogP contribution in [0.1, 0.15) is 6.92 Å². The summed E-state index contributed by atoms with van der Waals surface area (Å²) in [4.78, 5) is 15.3. The average Bonchev–Trinajstić information content (AvgIpc) is 2.86. The molecule has 2 aromatic rings. The minimum Gasteiger partial charge on any atom is -0.307 e. The fraction of sp³-hybridized carbons (Fsp3) is 0.182. The molecule has 0 fully saturated rings. The van der Waals surface area contributed by atoms with Crippen molar-refractivity contribution in [3.05, 3.63) is 29.6 Å². The van der Waals surface area contributed by atoms with Gasteiger partial charge in [-0.05, 0) is 23.6 Å². The number of thiophene rings is 2. The summed E-state index contributed by atoms with van der Waals surface area (Å²) in [5.74, 6) is 0.0644. The van der Waals surface area contributed by atoms with Gasteiger partial charge in [0.15, 0.2) is 0 Å². The summed E-state index contributed by atoms with van der Waals surface area (Å²) < 4.78 is 0. The van der Waals surface area contributed by atoms with Gasteiger partial charge >= 0.3 is 0 Å². The third-order valence-electron chi connectivity index (χ3n) is 2.16. The molecule has 1 amide bonds. The van der Waals surface area contributed by atoms with E-state index < -0.39 is 0 Å². The van der Waals surface area contributed by atoms with Gasteiger partial charge in [0.25, 0.3) is 0 Å². The molecular formula is C11H11NOS2. The molecule has 0 atom stereocenters. The van der Waals surface area contributed by atoms with Crippen LogP contribution in [0.15, 0.2) is 29.6 Å². The maximum Gasteiger partial charge on any atom is 0.224 e. The Balaban J connectivity index is 2.28. The van der Waals surface area contributed by atoms with Crippen molar-refractivity contribution in [2.45, 2.75) is 6.92 Å². The quantitative estimate of drug-likeness (QED) is 0.783. The molecule has 78 valence electrons. The topological polar surface area (TPSA) is 20.3 Å². The Morgan fingerprint density at radius 3 is 2.67 bits per heavy atom. The van der Waals surface area contributed by atoms with Crippen molar-refractivity contribution < 1.29 is 4.79 Å². The molecule has 0 radical (unpaired) electrons. The van der Waals surface area contributed by atoms with Crippen LogP contribution in [0.25, 0.3) is 9.75 Å². The van der Waals surface area contributed by atoms with Gasteiger partial charge < -0.3 is 4.90 Å². The molecule has 0 saturated heterocycles. The van der Waals surface area contributed by atoms with Crippen LogP contribution in [0.5, 0.6) is 0 Å². The highest BCUT2D eigenvalue weighted by molar-refractivity contribution is 7.23. The Morgan fingerprint density at radius 2 is 2.07 bits per heavy atom. The van der Waals surface area contributed by atoms with Crippen molar-refractivity contribution >= 4 is 33.6 Å². The molecule has 2 aromatic heterocycles. The molecule has 2 rings (SSSR count). The van der Waals surface area contributed by atoms with E-state index in [4.69, 9.17) is 0 Å². The molecule has 4 heteroatoms. The lowest BCUT2D eigenvalue weighted by Crippen LogP contribution is -2.21. The van der Waals surface area contributed by atoms with E-state index in [2.05, 4.69) is 17.5 Å². The molecule has 0 unspecified atom stereocenters. The Morgan fingerprint density at radius 1 is 1.27 bits per heavy atom. The standard InChI is InChI=1S/C11H11NOS2/c1-8(13)12(2)11-6-5-10(15-11)9-4-3-7-14-9/h3-7H,1-2H3. The van der Waals surface area contributed by atoms with Crippen LogP contribution in [0.3, 0.4) is 0 Å².